The number of hydrogen-bond acceptors (Lipinski definition) is 1. The van der Waals surface area contributed by atoms with Gasteiger partial charge in [-0.1, -0.05) is 36.4 Å². The first-order valence-corrected chi connectivity index (χ1v) is 6.39. The Morgan fingerprint density at radius 3 is 2.16 bits per heavy atom. The van der Waals surface area contributed by atoms with Crippen LogP contribution >= 0.6 is 0 Å². The minimum atomic E-state index is -0.518. The standard InChI is InChI=1S/C16H17F2N/c17-15-7-4-8-16(18)14(15)11-13(19)10-9-12-5-2-1-3-6-12/h1-8,13H,9-11,19H2. The van der Waals surface area contributed by atoms with E-state index in [1.54, 1.807) is 0 Å². The fourth-order valence-corrected chi connectivity index (χ4v) is 2.09. The summed E-state index contributed by atoms with van der Waals surface area (Å²) >= 11 is 0. The van der Waals surface area contributed by atoms with Crippen molar-refractivity contribution in [2.75, 3.05) is 0 Å². The van der Waals surface area contributed by atoms with Crippen LogP contribution in [0.15, 0.2) is 48.5 Å². The molecule has 0 fully saturated rings. The number of nitrogens with two attached hydrogens (primary N) is 1. The molecule has 0 aliphatic carbocycles. The van der Waals surface area contributed by atoms with E-state index in [1.807, 2.05) is 30.3 Å². The smallest absolute Gasteiger partial charge is 0.129 e. The second-order valence-corrected chi connectivity index (χ2v) is 4.69. The normalized spacial score (nSPS) is 12.4. The number of rotatable bonds is 5. The summed E-state index contributed by atoms with van der Waals surface area (Å²) in [7, 11) is 0. The van der Waals surface area contributed by atoms with Gasteiger partial charge in [0, 0.05) is 11.6 Å². The van der Waals surface area contributed by atoms with Crippen LogP contribution in [0.5, 0.6) is 0 Å². The Hall–Kier alpha value is -1.74. The van der Waals surface area contributed by atoms with E-state index in [0.717, 1.165) is 6.42 Å². The molecule has 0 saturated heterocycles. The van der Waals surface area contributed by atoms with Gasteiger partial charge >= 0.3 is 0 Å². The first-order valence-electron chi connectivity index (χ1n) is 6.39. The number of aryl methyl sites for hydroxylation is 1. The lowest BCUT2D eigenvalue weighted by Gasteiger charge is -2.13. The van der Waals surface area contributed by atoms with Crippen molar-refractivity contribution in [3.05, 3.63) is 71.3 Å². The molecular formula is C16H17F2N. The van der Waals surface area contributed by atoms with Gasteiger partial charge in [0.05, 0.1) is 0 Å². The molecule has 0 aliphatic heterocycles. The average Bonchev–Trinajstić information content (AvgIpc) is 2.42. The predicted octanol–water partition coefficient (Wildman–Crippen LogP) is 3.47. The highest BCUT2D eigenvalue weighted by Crippen LogP contribution is 2.15. The van der Waals surface area contributed by atoms with Gasteiger partial charge in [0.15, 0.2) is 0 Å². The van der Waals surface area contributed by atoms with E-state index < -0.39 is 11.6 Å². The molecule has 2 rings (SSSR count). The van der Waals surface area contributed by atoms with Crippen LogP contribution in [0.1, 0.15) is 17.5 Å². The van der Waals surface area contributed by atoms with Crippen molar-refractivity contribution < 1.29 is 8.78 Å². The van der Waals surface area contributed by atoms with Gasteiger partial charge in [0.1, 0.15) is 11.6 Å². The highest BCUT2D eigenvalue weighted by molar-refractivity contribution is 5.21. The van der Waals surface area contributed by atoms with E-state index in [4.69, 9.17) is 5.73 Å². The third kappa shape index (κ3) is 3.86. The zero-order chi connectivity index (χ0) is 13.7. The van der Waals surface area contributed by atoms with Crippen molar-refractivity contribution in [1.29, 1.82) is 0 Å². The van der Waals surface area contributed by atoms with Crippen LogP contribution in [0.4, 0.5) is 8.78 Å². The van der Waals surface area contributed by atoms with E-state index in [0.29, 0.717) is 6.42 Å². The van der Waals surface area contributed by atoms with Crippen LogP contribution < -0.4 is 5.73 Å². The molecule has 0 spiro atoms. The summed E-state index contributed by atoms with van der Waals surface area (Å²) < 4.78 is 27.0. The third-order valence-electron chi connectivity index (χ3n) is 3.17. The van der Waals surface area contributed by atoms with Crippen LogP contribution in [-0.4, -0.2) is 6.04 Å². The molecule has 3 heteroatoms. The Morgan fingerprint density at radius 2 is 1.53 bits per heavy atom. The Kier molecular flexibility index (Phi) is 4.63. The van der Waals surface area contributed by atoms with Crippen molar-refractivity contribution in [1.82, 2.24) is 0 Å². The van der Waals surface area contributed by atoms with Gasteiger partial charge in [-0.05, 0) is 37.0 Å². The van der Waals surface area contributed by atoms with Gasteiger partial charge in [-0.25, -0.2) is 8.78 Å². The van der Waals surface area contributed by atoms with Crippen LogP contribution in [-0.2, 0) is 12.8 Å². The second-order valence-electron chi connectivity index (χ2n) is 4.69. The van der Waals surface area contributed by atoms with Gasteiger partial charge in [0.25, 0.3) is 0 Å². The fraction of sp³-hybridized carbons (Fsp3) is 0.250. The van der Waals surface area contributed by atoms with E-state index in [9.17, 15) is 8.78 Å². The molecule has 1 atom stereocenters. The molecule has 0 radical (unpaired) electrons. The maximum absolute atomic E-state index is 13.5. The molecule has 19 heavy (non-hydrogen) atoms. The van der Waals surface area contributed by atoms with Crippen molar-refractivity contribution in [3.63, 3.8) is 0 Å². The van der Waals surface area contributed by atoms with Crippen LogP contribution in [0.25, 0.3) is 0 Å². The van der Waals surface area contributed by atoms with E-state index in [1.165, 1.54) is 23.8 Å². The third-order valence-corrected chi connectivity index (χ3v) is 3.17. The van der Waals surface area contributed by atoms with Crippen molar-refractivity contribution >= 4 is 0 Å². The maximum Gasteiger partial charge on any atom is 0.129 e. The first kappa shape index (κ1) is 13.7. The maximum atomic E-state index is 13.5. The Morgan fingerprint density at radius 1 is 0.895 bits per heavy atom. The minimum Gasteiger partial charge on any atom is -0.327 e. The molecule has 2 aromatic carbocycles. The Labute approximate surface area is 112 Å². The topological polar surface area (TPSA) is 26.0 Å². The summed E-state index contributed by atoms with van der Waals surface area (Å²) in [4.78, 5) is 0. The van der Waals surface area contributed by atoms with Gasteiger partial charge in [-0.15, -0.1) is 0 Å². The van der Waals surface area contributed by atoms with Crippen molar-refractivity contribution in [3.8, 4) is 0 Å². The summed E-state index contributed by atoms with van der Waals surface area (Å²) in [6, 6.07) is 13.6. The molecule has 0 aliphatic rings. The molecular weight excluding hydrogens is 244 g/mol. The van der Waals surface area contributed by atoms with E-state index >= 15 is 0 Å². The second kappa shape index (κ2) is 6.43. The summed E-state index contributed by atoms with van der Waals surface area (Å²) in [5.41, 5.74) is 7.23. The zero-order valence-corrected chi connectivity index (χ0v) is 10.7. The lowest BCUT2D eigenvalue weighted by Crippen LogP contribution is -2.24. The van der Waals surface area contributed by atoms with Gasteiger partial charge in [-0.2, -0.15) is 0 Å². The largest absolute Gasteiger partial charge is 0.327 e. The number of hydrogen-bond donors (Lipinski definition) is 1. The Bertz CT molecular complexity index is 505. The number of halogens is 2. The molecule has 100 valence electrons. The van der Waals surface area contributed by atoms with Crippen molar-refractivity contribution in [2.45, 2.75) is 25.3 Å². The molecule has 0 heterocycles. The van der Waals surface area contributed by atoms with Crippen molar-refractivity contribution in [2.24, 2.45) is 5.73 Å². The molecule has 2 N–H and O–H groups in total. The fourth-order valence-electron chi connectivity index (χ4n) is 2.09. The first-order chi connectivity index (χ1) is 9.16. The molecule has 2 aromatic rings. The van der Waals surface area contributed by atoms with Gasteiger partial charge in [0.2, 0.25) is 0 Å². The lowest BCUT2D eigenvalue weighted by molar-refractivity contribution is 0.523. The highest BCUT2D eigenvalue weighted by Gasteiger charge is 2.12. The van der Waals surface area contributed by atoms with Gasteiger partial charge < -0.3 is 5.73 Å². The van der Waals surface area contributed by atoms with E-state index in [2.05, 4.69) is 0 Å². The van der Waals surface area contributed by atoms with Gasteiger partial charge in [-0.3, -0.25) is 0 Å². The molecule has 1 unspecified atom stereocenters. The molecule has 0 amide bonds. The molecule has 0 aromatic heterocycles. The number of benzene rings is 2. The van der Waals surface area contributed by atoms with Crippen LogP contribution in [0.3, 0.4) is 0 Å². The summed E-state index contributed by atoms with van der Waals surface area (Å²) in [6.45, 7) is 0. The summed E-state index contributed by atoms with van der Waals surface area (Å²) in [5.74, 6) is -1.04. The Balaban J connectivity index is 1.93. The molecule has 1 nitrogen and oxygen atoms in total. The lowest BCUT2D eigenvalue weighted by atomic mass is 9.99. The minimum absolute atomic E-state index is 0.0862. The average molecular weight is 261 g/mol. The zero-order valence-electron chi connectivity index (χ0n) is 10.7. The monoisotopic (exact) mass is 261 g/mol. The van der Waals surface area contributed by atoms with Crippen LogP contribution in [0.2, 0.25) is 0 Å². The molecule has 0 saturated carbocycles. The quantitative estimate of drug-likeness (QED) is 0.876. The van der Waals surface area contributed by atoms with E-state index in [-0.39, 0.29) is 18.0 Å². The molecule has 0 bridgehead atoms. The van der Waals surface area contributed by atoms with Crippen LogP contribution in [0, 0.1) is 11.6 Å². The predicted molar refractivity (Wildman–Crippen MR) is 72.8 cm³/mol. The summed E-state index contributed by atoms with van der Waals surface area (Å²) in [5, 5.41) is 0. The highest BCUT2D eigenvalue weighted by atomic mass is 19.1. The SMILES string of the molecule is NC(CCc1ccccc1)Cc1c(F)cccc1F. The summed E-state index contributed by atoms with van der Waals surface area (Å²) in [6.07, 6.45) is 1.75.